The van der Waals surface area contributed by atoms with Crippen LogP contribution in [0.1, 0.15) is 12.8 Å². The molecule has 1 fully saturated rings. The SMILES string of the molecule is COc1ccc([N+](=O)[O-])cc1NC(=O)[C@H]1CCCN1S(=O)(=O)c1ccc(Cl)cc1. The van der Waals surface area contributed by atoms with Gasteiger partial charge in [0, 0.05) is 23.7 Å². The molecule has 0 spiro atoms. The number of amides is 1. The molecular weight excluding hydrogens is 422 g/mol. The quantitative estimate of drug-likeness (QED) is 0.545. The maximum atomic E-state index is 13.0. The standard InChI is InChI=1S/C18H18ClN3O6S/c1-28-17-9-6-13(22(24)25)11-15(17)20-18(23)16-3-2-10-21(16)29(26,27)14-7-4-12(19)5-8-14/h4-9,11,16H,2-3,10H2,1H3,(H,20,23)/t16-/m1/s1. The van der Waals surface area contributed by atoms with Crippen LogP contribution in [0.4, 0.5) is 11.4 Å². The van der Waals surface area contributed by atoms with E-state index < -0.39 is 26.9 Å². The largest absolute Gasteiger partial charge is 0.495 e. The van der Waals surface area contributed by atoms with Crippen LogP contribution in [0.5, 0.6) is 5.75 Å². The predicted molar refractivity (Wildman–Crippen MR) is 107 cm³/mol. The number of carbonyl (C=O) groups is 1. The Morgan fingerprint density at radius 3 is 2.59 bits per heavy atom. The first-order valence-corrected chi connectivity index (χ1v) is 10.5. The van der Waals surface area contributed by atoms with Crippen LogP contribution in [0.3, 0.4) is 0 Å². The van der Waals surface area contributed by atoms with Crippen LogP contribution in [-0.4, -0.2) is 43.2 Å². The van der Waals surface area contributed by atoms with Crippen molar-refractivity contribution in [3.05, 3.63) is 57.6 Å². The Kier molecular flexibility index (Phi) is 6.06. The molecule has 1 heterocycles. The number of anilines is 1. The summed E-state index contributed by atoms with van der Waals surface area (Å²) in [5.41, 5.74) is -0.124. The van der Waals surface area contributed by atoms with Crippen LogP contribution in [0, 0.1) is 10.1 Å². The third-order valence-electron chi connectivity index (χ3n) is 4.58. The van der Waals surface area contributed by atoms with Crippen LogP contribution in [0.2, 0.25) is 5.02 Å². The van der Waals surface area contributed by atoms with Gasteiger partial charge >= 0.3 is 0 Å². The smallest absolute Gasteiger partial charge is 0.271 e. The monoisotopic (exact) mass is 439 g/mol. The minimum absolute atomic E-state index is 0.0366. The normalized spacial score (nSPS) is 17.1. The fourth-order valence-electron chi connectivity index (χ4n) is 3.16. The van der Waals surface area contributed by atoms with Gasteiger partial charge in [-0.2, -0.15) is 4.31 Å². The van der Waals surface area contributed by atoms with Crippen LogP contribution in [0.15, 0.2) is 47.4 Å². The number of hydrogen-bond acceptors (Lipinski definition) is 6. The van der Waals surface area contributed by atoms with Gasteiger partial charge in [-0.05, 0) is 43.2 Å². The molecule has 1 aliphatic rings. The van der Waals surface area contributed by atoms with Gasteiger partial charge in [-0.1, -0.05) is 11.6 Å². The van der Waals surface area contributed by atoms with Crippen molar-refractivity contribution in [2.24, 2.45) is 0 Å². The summed E-state index contributed by atoms with van der Waals surface area (Å²) in [6.45, 7) is 0.190. The zero-order valence-corrected chi connectivity index (χ0v) is 16.9. The molecule has 11 heteroatoms. The molecule has 0 aromatic heterocycles. The van der Waals surface area contributed by atoms with E-state index in [1.165, 1.54) is 49.6 Å². The maximum Gasteiger partial charge on any atom is 0.271 e. The average molecular weight is 440 g/mol. The molecule has 9 nitrogen and oxygen atoms in total. The molecule has 3 rings (SSSR count). The van der Waals surface area contributed by atoms with E-state index >= 15 is 0 Å². The van der Waals surface area contributed by atoms with E-state index in [1.807, 2.05) is 0 Å². The predicted octanol–water partition coefficient (Wildman–Crippen LogP) is 3.05. The molecule has 0 aliphatic carbocycles. The first kappa shape index (κ1) is 21.0. The molecule has 1 atom stereocenters. The number of benzene rings is 2. The van der Waals surface area contributed by atoms with Gasteiger partial charge in [0.25, 0.3) is 5.69 Å². The minimum atomic E-state index is -3.90. The van der Waals surface area contributed by atoms with E-state index in [0.29, 0.717) is 17.9 Å². The fourth-order valence-corrected chi connectivity index (χ4v) is 4.94. The number of rotatable bonds is 6. The summed E-state index contributed by atoms with van der Waals surface area (Å²) in [6.07, 6.45) is 0.840. The summed E-state index contributed by atoms with van der Waals surface area (Å²) in [7, 11) is -2.54. The summed E-state index contributed by atoms with van der Waals surface area (Å²) in [5, 5.41) is 14.0. The minimum Gasteiger partial charge on any atom is -0.495 e. The number of carbonyl (C=O) groups excluding carboxylic acids is 1. The third kappa shape index (κ3) is 4.34. The summed E-state index contributed by atoms with van der Waals surface area (Å²) >= 11 is 5.82. The van der Waals surface area contributed by atoms with Gasteiger partial charge < -0.3 is 10.1 Å². The van der Waals surface area contributed by atoms with Crippen LogP contribution in [-0.2, 0) is 14.8 Å². The number of non-ortho nitro benzene ring substituents is 1. The summed E-state index contributed by atoms with van der Waals surface area (Å²) in [4.78, 5) is 23.3. The molecule has 2 aromatic rings. The molecular formula is C18H18ClN3O6S. The van der Waals surface area contributed by atoms with E-state index in [9.17, 15) is 23.3 Å². The van der Waals surface area contributed by atoms with Gasteiger partial charge in [0.05, 0.1) is 22.6 Å². The van der Waals surface area contributed by atoms with Crippen LogP contribution >= 0.6 is 11.6 Å². The molecule has 1 saturated heterocycles. The van der Waals surface area contributed by atoms with Gasteiger partial charge in [0.15, 0.2) is 0 Å². The van der Waals surface area contributed by atoms with E-state index in [-0.39, 0.29) is 28.6 Å². The molecule has 0 radical (unpaired) electrons. The average Bonchev–Trinajstić information content (AvgIpc) is 3.19. The van der Waals surface area contributed by atoms with Gasteiger partial charge in [-0.25, -0.2) is 8.42 Å². The lowest BCUT2D eigenvalue weighted by atomic mass is 10.2. The number of sulfonamides is 1. The lowest BCUT2D eigenvalue weighted by molar-refractivity contribution is -0.384. The van der Waals surface area contributed by atoms with Crippen molar-refractivity contribution < 1.29 is 22.9 Å². The van der Waals surface area contributed by atoms with Gasteiger partial charge in [-0.3, -0.25) is 14.9 Å². The number of nitrogens with one attached hydrogen (secondary N) is 1. The molecule has 1 aliphatic heterocycles. The Morgan fingerprint density at radius 1 is 1.28 bits per heavy atom. The summed E-state index contributed by atoms with van der Waals surface area (Å²) in [6, 6.07) is 8.54. The number of nitro groups is 1. The van der Waals surface area contributed by atoms with Crippen molar-refractivity contribution in [2.75, 3.05) is 19.0 Å². The number of halogens is 1. The highest BCUT2D eigenvalue weighted by Gasteiger charge is 2.39. The lowest BCUT2D eigenvalue weighted by Gasteiger charge is -2.23. The number of nitro benzene ring substituents is 1. The fraction of sp³-hybridized carbons (Fsp3) is 0.278. The number of hydrogen-bond donors (Lipinski definition) is 1. The molecule has 0 saturated carbocycles. The second-order valence-electron chi connectivity index (χ2n) is 6.36. The summed E-state index contributed by atoms with van der Waals surface area (Å²) < 4.78 is 32.2. The molecule has 154 valence electrons. The van der Waals surface area contributed by atoms with E-state index in [4.69, 9.17) is 16.3 Å². The Bertz CT molecular complexity index is 1040. The first-order chi connectivity index (χ1) is 13.7. The van der Waals surface area contributed by atoms with Crippen molar-refractivity contribution in [2.45, 2.75) is 23.8 Å². The third-order valence-corrected chi connectivity index (χ3v) is 6.75. The van der Waals surface area contributed by atoms with E-state index in [0.717, 1.165) is 4.31 Å². The van der Waals surface area contributed by atoms with Crippen molar-refractivity contribution in [1.82, 2.24) is 4.31 Å². The van der Waals surface area contributed by atoms with Crippen molar-refractivity contribution in [3.63, 3.8) is 0 Å². The number of nitrogens with zero attached hydrogens (tertiary/aromatic N) is 2. The molecule has 0 unspecified atom stereocenters. The topological polar surface area (TPSA) is 119 Å². The van der Waals surface area contributed by atoms with Crippen molar-refractivity contribution in [3.8, 4) is 5.75 Å². The molecule has 29 heavy (non-hydrogen) atoms. The highest BCUT2D eigenvalue weighted by molar-refractivity contribution is 7.89. The lowest BCUT2D eigenvalue weighted by Crippen LogP contribution is -2.43. The van der Waals surface area contributed by atoms with E-state index in [2.05, 4.69) is 5.32 Å². The molecule has 2 aromatic carbocycles. The highest BCUT2D eigenvalue weighted by Crippen LogP contribution is 2.31. The second-order valence-corrected chi connectivity index (χ2v) is 8.69. The zero-order valence-electron chi connectivity index (χ0n) is 15.4. The molecule has 1 amide bonds. The van der Waals surface area contributed by atoms with E-state index in [1.54, 1.807) is 0 Å². The van der Waals surface area contributed by atoms with Gasteiger partial charge in [0.1, 0.15) is 11.8 Å². The number of ether oxygens (including phenoxy) is 1. The van der Waals surface area contributed by atoms with Crippen LogP contribution < -0.4 is 10.1 Å². The first-order valence-electron chi connectivity index (χ1n) is 8.65. The Balaban J connectivity index is 1.86. The van der Waals surface area contributed by atoms with Crippen molar-refractivity contribution in [1.29, 1.82) is 0 Å². The summed E-state index contributed by atoms with van der Waals surface area (Å²) in [5.74, 6) is -0.354. The molecule has 0 bridgehead atoms. The highest BCUT2D eigenvalue weighted by atomic mass is 35.5. The Hall–Kier alpha value is -2.69. The maximum absolute atomic E-state index is 13.0. The van der Waals surface area contributed by atoms with Crippen LogP contribution in [0.25, 0.3) is 0 Å². The van der Waals surface area contributed by atoms with Gasteiger partial charge in [-0.15, -0.1) is 0 Å². The second kappa shape index (κ2) is 8.36. The molecule has 1 N–H and O–H groups in total. The van der Waals surface area contributed by atoms with Crippen molar-refractivity contribution >= 4 is 38.9 Å². The van der Waals surface area contributed by atoms with Gasteiger partial charge in [0.2, 0.25) is 15.9 Å². The Labute approximate surface area is 172 Å². The number of methoxy groups -OCH3 is 1. The zero-order chi connectivity index (χ0) is 21.2. The Morgan fingerprint density at radius 2 is 1.97 bits per heavy atom.